The largest absolute Gasteiger partial charge is 0.371 e. The molecule has 8 heteroatoms. The van der Waals surface area contributed by atoms with Crippen molar-refractivity contribution >= 4 is 51.5 Å². The lowest BCUT2D eigenvalue weighted by Crippen LogP contribution is -2.34. The minimum Gasteiger partial charge on any atom is -0.371 e. The van der Waals surface area contributed by atoms with Crippen LogP contribution in [-0.2, 0) is 6.42 Å². The molecule has 2 aromatic carbocycles. The van der Waals surface area contributed by atoms with Crippen molar-refractivity contribution in [2.24, 2.45) is 0 Å². The Kier molecular flexibility index (Phi) is 5.75. The Bertz CT molecular complexity index is 1200. The maximum atomic E-state index is 13.5. The van der Waals surface area contributed by atoms with Gasteiger partial charge < -0.3 is 4.90 Å². The molecule has 3 heterocycles. The van der Waals surface area contributed by atoms with Crippen molar-refractivity contribution in [1.82, 2.24) is 9.69 Å². The molecule has 2 aliphatic rings. The van der Waals surface area contributed by atoms with Gasteiger partial charge in [-0.3, -0.25) is 14.9 Å². The molecule has 0 unspecified atom stereocenters. The lowest BCUT2D eigenvalue weighted by atomic mass is 9.89. The Labute approximate surface area is 190 Å². The second-order valence-electron chi connectivity index (χ2n) is 8.03. The van der Waals surface area contributed by atoms with E-state index in [-0.39, 0.29) is 30.0 Å². The van der Waals surface area contributed by atoms with Gasteiger partial charge in [0.1, 0.15) is 5.82 Å². The number of amides is 2. The molecular weight excluding hydrogens is 437 g/mol. The van der Waals surface area contributed by atoms with Gasteiger partial charge in [0, 0.05) is 30.1 Å². The minimum absolute atomic E-state index is 0. The van der Waals surface area contributed by atoms with E-state index in [0.29, 0.717) is 23.5 Å². The SMILES string of the molecule is CCc1c(C)c(N2CCC(c3nsc4cc(F)ccc34)CC2)cc2c1C(=O)NC2=O.Cl. The highest BCUT2D eigenvalue weighted by Crippen LogP contribution is 2.38. The number of fused-ring (bicyclic) bond motifs is 2. The average molecular weight is 460 g/mol. The fraction of sp³-hybridized carbons (Fsp3) is 0.348. The van der Waals surface area contributed by atoms with E-state index >= 15 is 0 Å². The van der Waals surface area contributed by atoms with Crippen LogP contribution < -0.4 is 10.2 Å². The number of aromatic nitrogens is 1. The smallest absolute Gasteiger partial charge is 0.259 e. The lowest BCUT2D eigenvalue weighted by Gasteiger charge is -2.35. The van der Waals surface area contributed by atoms with E-state index in [4.69, 9.17) is 0 Å². The molecule has 0 saturated carbocycles. The van der Waals surface area contributed by atoms with Crippen molar-refractivity contribution in [3.63, 3.8) is 0 Å². The number of carbonyl (C=O) groups excluding carboxylic acids is 2. The van der Waals surface area contributed by atoms with Crippen LogP contribution in [0.4, 0.5) is 10.1 Å². The summed E-state index contributed by atoms with van der Waals surface area (Å²) in [6, 6.07) is 6.77. The van der Waals surface area contributed by atoms with E-state index in [9.17, 15) is 14.0 Å². The van der Waals surface area contributed by atoms with Gasteiger partial charge in [-0.25, -0.2) is 4.39 Å². The molecular formula is C23H23ClFN3O2S. The van der Waals surface area contributed by atoms with Gasteiger partial charge in [0.25, 0.3) is 11.8 Å². The fourth-order valence-corrected chi connectivity index (χ4v) is 5.76. The van der Waals surface area contributed by atoms with E-state index in [1.54, 1.807) is 6.07 Å². The molecule has 1 N–H and O–H groups in total. The first kappa shape index (κ1) is 21.7. The summed E-state index contributed by atoms with van der Waals surface area (Å²) < 4.78 is 19.0. The topological polar surface area (TPSA) is 62.3 Å². The van der Waals surface area contributed by atoms with Crippen LogP contribution in [0.5, 0.6) is 0 Å². The molecule has 0 aliphatic carbocycles. The summed E-state index contributed by atoms with van der Waals surface area (Å²) >= 11 is 1.36. The number of nitrogens with one attached hydrogen (secondary N) is 1. The van der Waals surface area contributed by atoms with E-state index in [1.165, 1.54) is 17.6 Å². The highest BCUT2D eigenvalue weighted by molar-refractivity contribution is 7.13. The molecule has 162 valence electrons. The van der Waals surface area contributed by atoms with Gasteiger partial charge >= 0.3 is 0 Å². The number of hydrogen-bond acceptors (Lipinski definition) is 5. The van der Waals surface area contributed by atoms with Gasteiger partial charge in [0.2, 0.25) is 0 Å². The molecule has 5 rings (SSSR count). The summed E-state index contributed by atoms with van der Waals surface area (Å²) in [5.74, 6) is -0.478. The first-order chi connectivity index (χ1) is 14.5. The molecule has 5 nitrogen and oxygen atoms in total. The van der Waals surface area contributed by atoms with E-state index < -0.39 is 0 Å². The van der Waals surface area contributed by atoms with Gasteiger partial charge in [-0.15, -0.1) is 12.4 Å². The van der Waals surface area contributed by atoms with Gasteiger partial charge in [0.05, 0.1) is 21.5 Å². The van der Waals surface area contributed by atoms with Crippen LogP contribution in [0.15, 0.2) is 24.3 Å². The Hall–Kier alpha value is -2.51. The van der Waals surface area contributed by atoms with Crippen molar-refractivity contribution in [3.05, 3.63) is 58.0 Å². The van der Waals surface area contributed by atoms with Crippen LogP contribution in [0.3, 0.4) is 0 Å². The van der Waals surface area contributed by atoms with Gasteiger partial charge in [-0.05, 0) is 73.1 Å². The van der Waals surface area contributed by atoms with Crippen molar-refractivity contribution in [1.29, 1.82) is 0 Å². The molecule has 0 bridgehead atoms. The van der Waals surface area contributed by atoms with Crippen LogP contribution in [0.1, 0.15) is 63.2 Å². The third kappa shape index (κ3) is 3.49. The minimum atomic E-state index is -0.304. The van der Waals surface area contributed by atoms with E-state index in [2.05, 4.69) is 14.6 Å². The fourth-order valence-electron chi connectivity index (χ4n) is 4.88. The summed E-state index contributed by atoms with van der Waals surface area (Å²) in [5.41, 5.74) is 5.18. The van der Waals surface area contributed by atoms with Crippen LogP contribution in [0.25, 0.3) is 10.1 Å². The zero-order chi connectivity index (χ0) is 21.0. The molecule has 2 amide bonds. The van der Waals surface area contributed by atoms with Crippen LogP contribution in [0, 0.1) is 12.7 Å². The monoisotopic (exact) mass is 459 g/mol. The molecule has 3 aromatic rings. The van der Waals surface area contributed by atoms with Gasteiger partial charge in [0.15, 0.2) is 0 Å². The molecule has 1 fully saturated rings. The number of anilines is 1. The maximum absolute atomic E-state index is 13.5. The Balaban J connectivity index is 0.00000231. The van der Waals surface area contributed by atoms with Crippen molar-refractivity contribution in [2.45, 2.75) is 39.0 Å². The zero-order valence-corrected chi connectivity index (χ0v) is 19.0. The van der Waals surface area contributed by atoms with Crippen molar-refractivity contribution in [3.8, 4) is 0 Å². The number of halogens is 2. The molecule has 0 radical (unpaired) electrons. The van der Waals surface area contributed by atoms with Crippen LogP contribution in [-0.4, -0.2) is 29.3 Å². The molecule has 2 aliphatic heterocycles. The predicted octanol–water partition coefficient (Wildman–Crippen LogP) is 5.00. The van der Waals surface area contributed by atoms with Gasteiger partial charge in [-0.1, -0.05) is 6.92 Å². The number of piperidine rings is 1. The standard InChI is InChI=1S/C23H22FN3O2S.ClH/c1-3-15-12(2)18(11-17-20(15)23(29)25-22(17)28)27-8-6-13(7-9-27)21-16-5-4-14(24)10-19(16)30-26-21;/h4-5,10-11,13H,3,6-9H2,1-2H3,(H,25,28,29);1H. The van der Waals surface area contributed by atoms with E-state index in [0.717, 1.165) is 58.5 Å². The summed E-state index contributed by atoms with van der Waals surface area (Å²) in [4.78, 5) is 26.8. The van der Waals surface area contributed by atoms with E-state index in [1.807, 2.05) is 26.0 Å². The third-order valence-corrected chi connectivity index (χ3v) is 7.25. The zero-order valence-electron chi connectivity index (χ0n) is 17.3. The molecule has 31 heavy (non-hydrogen) atoms. The van der Waals surface area contributed by atoms with Crippen molar-refractivity contribution in [2.75, 3.05) is 18.0 Å². The second-order valence-corrected chi connectivity index (χ2v) is 8.83. The maximum Gasteiger partial charge on any atom is 0.259 e. The number of carbonyl (C=O) groups is 2. The highest BCUT2D eigenvalue weighted by atomic mass is 35.5. The first-order valence-corrected chi connectivity index (χ1v) is 11.1. The lowest BCUT2D eigenvalue weighted by molar-refractivity contribution is 0.0879. The second kappa shape index (κ2) is 8.20. The molecule has 1 saturated heterocycles. The number of rotatable bonds is 3. The number of hydrogen-bond donors (Lipinski definition) is 1. The predicted molar refractivity (Wildman–Crippen MR) is 123 cm³/mol. The quantitative estimate of drug-likeness (QED) is 0.560. The number of nitrogens with zero attached hydrogens (tertiary/aromatic N) is 2. The Morgan fingerprint density at radius 2 is 1.94 bits per heavy atom. The third-order valence-electron chi connectivity index (χ3n) is 6.43. The molecule has 0 atom stereocenters. The Morgan fingerprint density at radius 3 is 2.65 bits per heavy atom. The molecule has 0 spiro atoms. The van der Waals surface area contributed by atoms with Crippen molar-refractivity contribution < 1.29 is 14.0 Å². The summed E-state index contributed by atoms with van der Waals surface area (Å²) in [6.07, 6.45) is 2.60. The number of imide groups is 1. The number of benzene rings is 2. The van der Waals surface area contributed by atoms with Gasteiger partial charge in [-0.2, -0.15) is 4.37 Å². The first-order valence-electron chi connectivity index (χ1n) is 10.3. The summed E-state index contributed by atoms with van der Waals surface area (Å²) in [6.45, 7) is 5.76. The Morgan fingerprint density at radius 1 is 1.19 bits per heavy atom. The average Bonchev–Trinajstić information content (AvgIpc) is 3.28. The summed E-state index contributed by atoms with van der Waals surface area (Å²) in [7, 11) is 0. The van der Waals surface area contributed by atoms with Crippen LogP contribution in [0.2, 0.25) is 0 Å². The molecule has 1 aromatic heterocycles. The summed E-state index contributed by atoms with van der Waals surface area (Å²) in [5, 5.41) is 3.48. The van der Waals surface area contributed by atoms with Crippen LogP contribution >= 0.6 is 23.9 Å². The highest BCUT2D eigenvalue weighted by Gasteiger charge is 2.33. The normalized spacial score (nSPS) is 16.4.